The Morgan fingerprint density at radius 1 is 1.07 bits per heavy atom. The van der Waals surface area contributed by atoms with Crippen molar-refractivity contribution in [3.8, 4) is 22.9 Å². The molecule has 3 rings (SSSR count). The number of methoxy groups -OCH3 is 2. The first-order valence-electron chi connectivity index (χ1n) is 7.68. The van der Waals surface area contributed by atoms with Gasteiger partial charge in [-0.15, -0.1) is 0 Å². The number of carbonyl (C=O) groups is 1. The number of esters is 1. The smallest absolute Gasteiger partial charge is 0.338 e. The van der Waals surface area contributed by atoms with E-state index in [0.717, 1.165) is 0 Å². The number of nitrogens with zero attached hydrogens (tertiary/aromatic N) is 2. The predicted molar refractivity (Wildman–Crippen MR) is 98.4 cm³/mol. The first kappa shape index (κ1) is 19.0. The summed E-state index contributed by atoms with van der Waals surface area (Å²) < 4.78 is 20.8. The summed E-state index contributed by atoms with van der Waals surface area (Å²) in [5.41, 5.74) is 0.838. The van der Waals surface area contributed by atoms with E-state index in [1.807, 2.05) is 0 Å². The Kier molecular flexibility index (Phi) is 5.83. The number of aromatic nitrogens is 2. The molecule has 0 atom stereocenters. The summed E-state index contributed by atoms with van der Waals surface area (Å²) in [5, 5.41) is 4.56. The van der Waals surface area contributed by atoms with Gasteiger partial charge in [0.1, 0.15) is 11.5 Å². The van der Waals surface area contributed by atoms with Crippen LogP contribution in [0.15, 0.2) is 40.9 Å². The first-order valence-corrected chi connectivity index (χ1v) is 8.44. The minimum absolute atomic E-state index is 0.129. The maximum absolute atomic E-state index is 12.1. The quantitative estimate of drug-likeness (QED) is 0.558. The largest absolute Gasteiger partial charge is 0.497 e. The summed E-state index contributed by atoms with van der Waals surface area (Å²) in [7, 11) is 3.08. The molecule has 2 aromatic carbocycles. The highest BCUT2D eigenvalue weighted by Gasteiger charge is 2.16. The van der Waals surface area contributed by atoms with Gasteiger partial charge in [-0.2, -0.15) is 4.98 Å². The predicted octanol–water partition coefficient (Wildman–Crippen LogP) is 4.42. The van der Waals surface area contributed by atoms with Crippen LogP contribution in [0, 0.1) is 0 Å². The fourth-order valence-corrected chi connectivity index (χ4v) is 2.81. The van der Waals surface area contributed by atoms with Crippen LogP contribution in [0.2, 0.25) is 10.0 Å². The summed E-state index contributed by atoms with van der Waals surface area (Å²) in [4.78, 5) is 16.3. The molecular formula is C18H14Cl2N2O5. The lowest BCUT2D eigenvalue weighted by atomic mass is 10.2. The van der Waals surface area contributed by atoms with E-state index in [4.69, 9.17) is 41.9 Å². The van der Waals surface area contributed by atoms with Crippen molar-refractivity contribution in [2.24, 2.45) is 0 Å². The van der Waals surface area contributed by atoms with Crippen LogP contribution < -0.4 is 9.47 Å². The fourth-order valence-electron chi connectivity index (χ4n) is 2.29. The van der Waals surface area contributed by atoms with E-state index < -0.39 is 5.97 Å². The van der Waals surface area contributed by atoms with Gasteiger partial charge in [-0.05, 0) is 30.3 Å². The summed E-state index contributed by atoms with van der Waals surface area (Å²) >= 11 is 11.8. The van der Waals surface area contributed by atoms with Gasteiger partial charge in [0.2, 0.25) is 5.82 Å². The highest BCUT2D eigenvalue weighted by Crippen LogP contribution is 2.31. The van der Waals surface area contributed by atoms with Crippen molar-refractivity contribution < 1.29 is 23.5 Å². The van der Waals surface area contributed by atoms with Gasteiger partial charge < -0.3 is 18.7 Å². The number of carbonyl (C=O) groups excluding carboxylic acids is 1. The maximum atomic E-state index is 12.1. The van der Waals surface area contributed by atoms with Crippen molar-refractivity contribution in [3.05, 3.63) is 57.9 Å². The molecule has 0 fully saturated rings. The van der Waals surface area contributed by atoms with Crippen LogP contribution in [0.3, 0.4) is 0 Å². The Bertz CT molecular complexity index is 954. The second-order valence-electron chi connectivity index (χ2n) is 5.31. The van der Waals surface area contributed by atoms with Gasteiger partial charge in [-0.25, -0.2) is 4.79 Å². The number of ether oxygens (including phenoxy) is 3. The third-order valence-corrected chi connectivity index (χ3v) is 3.98. The van der Waals surface area contributed by atoms with Crippen molar-refractivity contribution >= 4 is 29.2 Å². The van der Waals surface area contributed by atoms with E-state index in [9.17, 15) is 4.79 Å². The number of hydrogen-bond donors (Lipinski definition) is 0. The number of rotatable bonds is 6. The highest BCUT2D eigenvalue weighted by atomic mass is 35.5. The fraction of sp³-hybridized carbons (Fsp3) is 0.167. The zero-order chi connectivity index (χ0) is 19.4. The molecule has 7 nitrogen and oxygen atoms in total. The van der Waals surface area contributed by atoms with Gasteiger partial charge in [-0.1, -0.05) is 28.4 Å². The Morgan fingerprint density at radius 2 is 1.81 bits per heavy atom. The molecule has 0 aliphatic carbocycles. The summed E-state index contributed by atoms with van der Waals surface area (Å²) in [6.07, 6.45) is 0. The van der Waals surface area contributed by atoms with Crippen LogP contribution in [0.1, 0.15) is 16.2 Å². The summed E-state index contributed by atoms with van der Waals surface area (Å²) in [6, 6.07) is 9.62. The van der Waals surface area contributed by atoms with E-state index in [-0.39, 0.29) is 18.1 Å². The molecule has 0 unspecified atom stereocenters. The van der Waals surface area contributed by atoms with E-state index in [1.54, 1.807) is 25.3 Å². The molecule has 0 aliphatic heterocycles. The highest BCUT2D eigenvalue weighted by molar-refractivity contribution is 6.35. The number of halogens is 2. The molecule has 0 aliphatic rings. The van der Waals surface area contributed by atoms with Crippen LogP contribution in [0.5, 0.6) is 11.5 Å². The molecule has 9 heteroatoms. The zero-order valence-electron chi connectivity index (χ0n) is 14.4. The topological polar surface area (TPSA) is 83.7 Å². The van der Waals surface area contributed by atoms with Gasteiger partial charge >= 0.3 is 5.97 Å². The molecule has 140 valence electrons. The molecule has 0 saturated carbocycles. The number of benzene rings is 2. The Hall–Kier alpha value is -2.77. The van der Waals surface area contributed by atoms with Crippen LogP contribution in [-0.2, 0) is 11.3 Å². The molecule has 3 aromatic rings. The van der Waals surface area contributed by atoms with E-state index >= 15 is 0 Å². The molecule has 27 heavy (non-hydrogen) atoms. The lowest BCUT2D eigenvalue weighted by molar-refractivity contribution is 0.0430. The molecule has 0 bridgehead atoms. The van der Waals surface area contributed by atoms with E-state index in [2.05, 4.69) is 10.1 Å². The normalized spacial score (nSPS) is 10.5. The summed E-state index contributed by atoms with van der Waals surface area (Å²) in [6.45, 7) is -0.200. The van der Waals surface area contributed by atoms with Gasteiger partial charge in [0, 0.05) is 16.1 Å². The standard InChI is InChI=1S/C18H14Cl2N2O5/c1-24-13-3-4-14(15(8-13)25-2)17-21-16(27-22-17)9-26-18(23)10-5-11(19)7-12(20)6-10/h3-8H,9H2,1-2H3. The molecule has 1 heterocycles. The van der Waals surface area contributed by atoms with Crippen molar-refractivity contribution in [2.75, 3.05) is 14.2 Å². The lowest BCUT2D eigenvalue weighted by Crippen LogP contribution is -2.05. The van der Waals surface area contributed by atoms with Gasteiger partial charge in [0.05, 0.1) is 25.3 Å². The number of hydrogen-bond acceptors (Lipinski definition) is 7. The molecule has 1 aromatic heterocycles. The van der Waals surface area contributed by atoms with Gasteiger partial charge in [0.15, 0.2) is 6.61 Å². The average Bonchev–Trinajstić information content (AvgIpc) is 3.13. The Morgan fingerprint density at radius 3 is 2.48 bits per heavy atom. The van der Waals surface area contributed by atoms with E-state index in [1.165, 1.54) is 25.3 Å². The van der Waals surface area contributed by atoms with Gasteiger partial charge in [0.25, 0.3) is 5.89 Å². The molecule has 0 spiro atoms. The van der Waals surface area contributed by atoms with Crippen LogP contribution in [-0.4, -0.2) is 30.3 Å². The zero-order valence-corrected chi connectivity index (χ0v) is 15.9. The average molecular weight is 409 g/mol. The Labute approximate surface area is 164 Å². The SMILES string of the molecule is COc1ccc(-c2noc(COC(=O)c3cc(Cl)cc(Cl)c3)n2)c(OC)c1. The molecule has 0 N–H and O–H groups in total. The monoisotopic (exact) mass is 408 g/mol. The second-order valence-corrected chi connectivity index (χ2v) is 6.19. The minimum Gasteiger partial charge on any atom is -0.497 e. The molecule has 0 saturated heterocycles. The third kappa shape index (κ3) is 4.50. The lowest BCUT2D eigenvalue weighted by Gasteiger charge is -2.07. The molecule has 0 radical (unpaired) electrons. The van der Waals surface area contributed by atoms with Crippen LogP contribution in [0.25, 0.3) is 11.4 Å². The van der Waals surface area contributed by atoms with Crippen LogP contribution >= 0.6 is 23.2 Å². The van der Waals surface area contributed by atoms with E-state index in [0.29, 0.717) is 32.9 Å². The van der Waals surface area contributed by atoms with Crippen molar-refractivity contribution in [3.63, 3.8) is 0 Å². The second kappa shape index (κ2) is 8.28. The Balaban J connectivity index is 1.72. The van der Waals surface area contributed by atoms with Crippen molar-refractivity contribution in [2.45, 2.75) is 6.61 Å². The van der Waals surface area contributed by atoms with Crippen LogP contribution in [0.4, 0.5) is 0 Å². The third-order valence-electron chi connectivity index (χ3n) is 3.54. The summed E-state index contributed by atoms with van der Waals surface area (Å²) in [5.74, 6) is 0.970. The minimum atomic E-state index is -0.610. The molecule has 0 amide bonds. The van der Waals surface area contributed by atoms with Gasteiger partial charge in [-0.3, -0.25) is 0 Å². The van der Waals surface area contributed by atoms with Crippen molar-refractivity contribution in [1.82, 2.24) is 10.1 Å². The maximum Gasteiger partial charge on any atom is 0.338 e. The first-order chi connectivity index (χ1) is 13.0. The molecular weight excluding hydrogens is 395 g/mol. The van der Waals surface area contributed by atoms with Crippen molar-refractivity contribution in [1.29, 1.82) is 0 Å².